The van der Waals surface area contributed by atoms with Crippen molar-refractivity contribution in [3.8, 4) is 5.75 Å². The third kappa shape index (κ3) is 2.78. The number of carbonyl (C=O) groups is 1. The number of hydrogen-bond acceptors (Lipinski definition) is 3. The monoisotopic (exact) mass is 306 g/mol. The third-order valence-corrected chi connectivity index (χ3v) is 3.43. The number of para-hydroxylation sites is 1. The quantitative estimate of drug-likeness (QED) is 0.892. The zero-order valence-electron chi connectivity index (χ0n) is 11.0. The van der Waals surface area contributed by atoms with Gasteiger partial charge in [0, 0.05) is 6.54 Å². The first kappa shape index (κ1) is 13.7. The van der Waals surface area contributed by atoms with Gasteiger partial charge < -0.3 is 15.4 Å². The minimum absolute atomic E-state index is 0.225. The standard InChI is InChI=1S/C15H12ClFN2O2/c16-11-5-4-9(17)8-13(11)19-15(20)10-2-1-3-12-14(10)21-7-6-18-12/h1-5,8,18H,6-7H2,(H,19,20). The SMILES string of the molecule is O=C(Nc1cc(F)ccc1Cl)c1cccc2c1OCCN2. The van der Waals surface area contributed by atoms with Crippen LogP contribution in [0.15, 0.2) is 36.4 Å². The van der Waals surface area contributed by atoms with E-state index >= 15 is 0 Å². The van der Waals surface area contributed by atoms with Gasteiger partial charge in [-0.2, -0.15) is 0 Å². The highest BCUT2D eigenvalue weighted by Gasteiger charge is 2.19. The first-order valence-electron chi connectivity index (χ1n) is 6.41. The topological polar surface area (TPSA) is 50.4 Å². The second-order valence-electron chi connectivity index (χ2n) is 4.54. The van der Waals surface area contributed by atoms with Crippen LogP contribution in [0.1, 0.15) is 10.4 Å². The lowest BCUT2D eigenvalue weighted by Crippen LogP contribution is -2.22. The van der Waals surface area contributed by atoms with E-state index in [0.29, 0.717) is 24.5 Å². The Labute approximate surface area is 125 Å². The number of nitrogens with one attached hydrogen (secondary N) is 2. The Bertz CT molecular complexity index is 706. The summed E-state index contributed by atoms with van der Waals surface area (Å²) in [6, 6.07) is 9.03. The molecule has 2 aromatic carbocycles. The van der Waals surface area contributed by atoms with Gasteiger partial charge in [0.25, 0.3) is 5.91 Å². The summed E-state index contributed by atoms with van der Waals surface area (Å²) < 4.78 is 18.8. The molecule has 1 heterocycles. The number of halogens is 2. The molecule has 1 aliphatic heterocycles. The van der Waals surface area contributed by atoms with Gasteiger partial charge in [-0.25, -0.2) is 4.39 Å². The molecular formula is C15H12ClFN2O2. The first-order valence-corrected chi connectivity index (χ1v) is 6.79. The Balaban J connectivity index is 1.91. The summed E-state index contributed by atoms with van der Waals surface area (Å²) in [6.45, 7) is 1.17. The van der Waals surface area contributed by atoms with Crippen molar-refractivity contribution in [2.24, 2.45) is 0 Å². The van der Waals surface area contributed by atoms with E-state index in [2.05, 4.69) is 10.6 Å². The van der Waals surface area contributed by atoms with Crippen LogP contribution in [0.2, 0.25) is 5.02 Å². The highest BCUT2D eigenvalue weighted by atomic mass is 35.5. The van der Waals surface area contributed by atoms with Crippen molar-refractivity contribution in [3.63, 3.8) is 0 Å². The van der Waals surface area contributed by atoms with Crippen LogP contribution in [-0.2, 0) is 0 Å². The molecule has 0 aromatic heterocycles. The van der Waals surface area contributed by atoms with Gasteiger partial charge in [-0.3, -0.25) is 4.79 Å². The summed E-state index contributed by atoms with van der Waals surface area (Å²) in [5.74, 6) is -0.375. The second kappa shape index (κ2) is 5.61. The molecule has 3 rings (SSSR count). The number of ether oxygens (including phenoxy) is 1. The van der Waals surface area contributed by atoms with Gasteiger partial charge in [0.05, 0.1) is 22.0 Å². The van der Waals surface area contributed by atoms with Crippen LogP contribution in [-0.4, -0.2) is 19.1 Å². The van der Waals surface area contributed by atoms with E-state index in [9.17, 15) is 9.18 Å². The molecule has 1 amide bonds. The fourth-order valence-corrected chi connectivity index (χ4v) is 2.30. The van der Waals surface area contributed by atoms with Crippen molar-refractivity contribution < 1.29 is 13.9 Å². The second-order valence-corrected chi connectivity index (χ2v) is 4.94. The maximum Gasteiger partial charge on any atom is 0.259 e. The summed E-state index contributed by atoms with van der Waals surface area (Å²) >= 11 is 5.95. The lowest BCUT2D eigenvalue weighted by atomic mass is 10.1. The molecule has 108 valence electrons. The molecule has 4 nitrogen and oxygen atoms in total. The molecule has 0 radical (unpaired) electrons. The van der Waals surface area contributed by atoms with E-state index in [0.717, 1.165) is 5.69 Å². The normalized spacial score (nSPS) is 12.9. The molecule has 2 N–H and O–H groups in total. The van der Waals surface area contributed by atoms with Crippen molar-refractivity contribution >= 4 is 28.9 Å². The predicted molar refractivity (Wildman–Crippen MR) is 79.8 cm³/mol. The highest BCUT2D eigenvalue weighted by molar-refractivity contribution is 6.34. The molecule has 0 spiro atoms. The number of fused-ring (bicyclic) bond motifs is 1. The van der Waals surface area contributed by atoms with Gasteiger partial charge >= 0.3 is 0 Å². The predicted octanol–water partition coefficient (Wildman–Crippen LogP) is 3.54. The van der Waals surface area contributed by atoms with Crippen molar-refractivity contribution in [1.29, 1.82) is 0 Å². The van der Waals surface area contributed by atoms with Gasteiger partial charge in [-0.15, -0.1) is 0 Å². The maximum atomic E-state index is 13.2. The molecule has 2 aromatic rings. The van der Waals surface area contributed by atoms with Crippen LogP contribution in [0.5, 0.6) is 5.75 Å². The van der Waals surface area contributed by atoms with E-state index in [1.54, 1.807) is 12.1 Å². The number of carbonyl (C=O) groups excluding carboxylic acids is 1. The average Bonchev–Trinajstić information content (AvgIpc) is 2.50. The lowest BCUT2D eigenvalue weighted by molar-refractivity contribution is 0.102. The third-order valence-electron chi connectivity index (χ3n) is 3.10. The van der Waals surface area contributed by atoms with Gasteiger partial charge in [0.15, 0.2) is 5.75 Å². The fourth-order valence-electron chi connectivity index (χ4n) is 2.13. The fraction of sp³-hybridized carbons (Fsp3) is 0.133. The molecular weight excluding hydrogens is 295 g/mol. The number of benzene rings is 2. The zero-order valence-corrected chi connectivity index (χ0v) is 11.7. The zero-order chi connectivity index (χ0) is 14.8. The summed E-state index contributed by atoms with van der Waals surface area (Å²) in [5.41, 5.74) is 1.36. The Morgan fingerprint density at radius 1 is 1.33 bits per heavy atom. The Morgan fingerprint density at radius 2 is 2.19 bits per heavy atom. The Kier molecular flexibility index (Phi) is 3.66. The van der Waals surface area contributed by atoms with Gasteiger partial charge in [0.1, 0.15) is 12.4 Å². The van der Waals surface area contributed by atoms with Crippen molar-refractivity contribution in [1.82, 2.24) is 0 Å². The molecule has 0 aliphatic carbocycles. The van der Waals surface area contributed by atoms with Crippen molar-refractivity contribution in [3.05, 3.63) is 52.8 Å². The van der Waals surface area contributed by atoms with Crippen LogP contribution in [0.4, 0.5) is 15.8 Å². The van der Waals surface area contributed by atoms with Crippen molar-refractivity contribution in [2.45, 2.75) is 0 Å². The first-order chi connectivity index (χ1) is 10.1. The largest absolute Gasteiger partial charge is 0.489 e. The van der Waals surface area contributed by atoms with Gasteiger partial charge in [0.2, 0.25) is 0 Å². The van der Waals surface area contributed by atoms with Crippen LogP contribution in [0.3, 0.4) is 0 Å². The molecule has 6 heteroatoms. The molecule has 0 fully saturated rings. The molecule has 21 heavy (non-hydrogen) atoms. The van der Waals surface area contributed by atoms with E-state index in [-0.39, 0.29) is 10.7 Å². The Morgan fingerprint density at radius 3 is 3.05 bits per heavy atom. The summed E-state index contributed by atoms with van der Waals surface area (Å²) in [5, 5.41) is 6.02. The van der Waals surface area contributed by atoms with Gasteiger partial charge in [-0.1, -0.05) is 17.7 Å². The number of anilines is 2. The number of rotatable bonds is 2. The number of amides is 1. The summed E-state index contributed by atoms with van der Waals surface area (Å²) in [4.78, 5) is 12.3. The molecule has 0 bridgehead atoms. The van der Waals surface area contributed by atoms with Crippen molar-refractivity contribution in [2.75, 3.05) is 23.8 Å². The lowest BCUT2D eigenvalue weighted by Gasteiger charge is -2.21. The summed E-state index contributed by atoms with van der Waals surface area (Å²) in [6.07, 6.45) is 0. The molecule has 0 unspecified atom stereocenters. The Hall–Kier alpha value is -2.27. The van der Waals surface area contributed by atoms with E-state index in [4.69, 9.17) is 16.3 Å². The molecule has 0 saturated heterocycles. The molecule has 1 aliphatic rings. The van der Waals surface area contributed by atoms with Crippen LogP contribution in [0, 0.1) is 5.82 Å². The molecule has 0 saturated carbocycles. The van der Waals surface area contributed by atoms with E-state index in [1.807, 2.05) is 6.07 Å². The smallest absolute Gasteiger partial charge is 0.259 e. The van der Waals surface area contributed by atoms with Gasteiger partial charge in [-0.05, 0) is 30.3 Å². The maximum absolute atomic E-state index is 13.2. The molecule has 0 atom stereocenters. The van der Waals surface area contributed by atoms with Crippen LogP contribution >= 0.6 is 11.6 Å². The minimum Gasteiger partial charge on any atom is -0.489 e. The average molecular weight is 307 g/mol. The van der Waals surface area contributed by atoms with E-state index < -0.39 is 11.7 Å². The summed E-state index contributed by atoms with van der Waals surface area (Å²) in [7, 11) is 0. The highest BCUT2D eigenvalue weighted by Crippen LogP contribution is 2.32. The van der Waals surface area contributed by atoms with Crippen LogP contribution < -0.4 is 15.4 Å². The number of hydrogen-bond donors (Lipinski definition) is 2. The minimum atomic E-state index is -0.470. The van der Waals surface area contributed by atoms with E-state index in [1.165, 1.54) is 18.2 Å². The van der Waals surface area contributed by atoms with Crippen LogP contribution in [0.25, 0.3) is 0 Å².